The van der Waals surface area contributed by atoms with Gasteiger partial charge in [-0.15, -0.1) is 0 Å². The molecule has 0 radical (unpaired) electrons. The predicted octanol–water partition coefficient (Wildman–Crippen LogP) is 12.7. The average Bonchev–Trinajstić information content (AvgIpc) is 3.29. The van der Waals surface area contributed by atoms with Gasteiger partial charge in [-0.3, -0.25) is 0 Å². The Labute approximate surface area is 326 Å². The average molecular weight is 718 g/mol. The van der Waals surface area contributed by atoms with Crippen LogP contribution in [0.2, 0.25) is 0 Å². The first-order valence-corrected chi connectivity index (χ1v) is 18.9. The summed E-state index contributed by atoms with van der Waals surface area (Å²) in [5.74, 6) is 3.60. The minimum atomic E-state index is -0.586. The van der Waals surface area contributed by atoms with Crippen molar-refractivity contribution in [2.75, 3.05) is 0 Å². The number of hydrogen-bond acceptors (Lipinski definition) is 4. The second-order valence-electron chi connectivity index (χ2n) is 14.0. The Hall–Kier alpha value is -7.43. The molecule has 0 amide bonds. The van der Waals surface area contributed by atoms with Gasteiger partial charge < -0.3 is 4.74 Å². The summed E-state index contributed by atoms with van der Waals surface area (Å²) in [6.07, 6.45) is 0. The Kier molecular flexibility index (Phi) is 8.34. The topological polar surface area (TPSA) is 47.9 Å². The van der Waals surface area contributed by atoms with Crippen molar-refractivity contribution in [1.82, 2.24) is 15.0 Å². The van der Waals surface area contributed by atoms with E-state index in [9.17, 15) is 0 Å². The van der Waals surface area contributed by atoms with E-state index in [0.717, 1.165) is 56.0 Å². The summed E-state index contributed by atoms with van der Waals surface area (Å²) in [7, 11) is 0. The summed E-state index contributed by atoms with van der Waals surface area (Å²) >= 11 is 0. The van der Waals surface area contributed by atoms with Crippen LogP contribution in [0.5, 0.6) is 11.5 Å². The van der Waals surface area contributed by atoms with Gasteiger partial charge in [-0.25, -0.2) is 15.0 Å². The first kappa shape index (κ1) is 33.2. The summed E-state index contributed by atoms with van der Waals surface area (Å²) in [6, 6.07) is 73.9. The fraction of sp³-hybridized carbons (Fsp3) is 0.0192. The van der Waals surface area contributed by atoms with Gasteiger partial charge in [-0.2, -0.15) is 0 Å². The molecule has 8 aromatic carbocycles. The van der Waals surface area contributed by atoms with E-state index in [-0.39, 0.29) is 0 Å². The van der Waals surface area contributed by atoms with E-state index in [1.54, 1.807) is 0 Å². The third-order valence-corrected chi connectivity index (χ3v) is 10.7. The first-order chi connectivity index (χ1) is 27.7. The van der Waals surface area contributed by atoms with Gasteiger partial charge in [0.15, 0.2) is 17.5 Å². The van der Waals surface area contributed by atoms with Crippen LogP contribution >= 0.6 is 0 Å². The predicted molar refractivity (Wildman–Crippen MR) is 225 cm³/mol. The van der Waals surface area contributed by atoms with Crippen LogP contribution in [0, 0.1) is 0 Å². The van der Waals surface area contributed by atoms with E-state index in [4.69, 9.17) is 19.7 Å². The zero-order valence-corrected chi connectivity index (χ0v) is 30.5. The standard InChI is InChI=1S/C52H35N3O/c1-5-15-36(16-6-1)37-25-29-40(30-26-37)50-53-49(39-17-7-2-8-18-39)54-51(55-50)41-31-27-38(28-32-41)42-33-34-48-46(35-42)52(43-19-9-3-10-20-43,44-21-11-4-12-22-44)45-23-13-14-24-47(45)56-48/h1-35H. The van der Waals surface area contributed by atoms with Crippen molar-refractivity contribution >= 4 is 0 Å². The van der Waals surface area contributed by atoms with Gasteiger partial charge in [-0.1, -0.05) is 194 Å². The zero-order chi connectivity index (χ0) is 37.3. The Morgan fingerprint density at radius 1 is 0.286 bits per heavy atom. The molecule has 0 spiro atoms. The van der Waals surface area contributed by atoms with Crippen molar-refractivity contribution in [3.63, 3.8) is 0 Å². The van der Waals surface area contributed by atoms with Crippen LogP contribution in [0.25, 0.3) is 56.4 Å². The molecule has 4 heteroatoms. The van der Waals surface area contributed by atoms with E-state index >= 15 is 0 Å². The molecule has 0 unspecified atom stereocenters. The molecule has 0 aliphatic carbocycles. The summed E-state index contributed by atoms with van der Waals surface area (Å²) in [5, 5.41) is 0. The van der Waals surface area contributed by atoms with Crippen molar-refractivity contribution in [2.45, 2.75) is 5.41 Å². The van der Waals surface area contributed by atoms with Gasteiger partial charge in [0.1, 0.15) is 11.5 Å². The number of nitrogens with zero attached hydrogens (tertiary/aromatic N) is 3. The molecule has 0 saturated carbocycles. The molecule has 0 saturated heterocycles. The quantitative estimate of drug-likeness (QED) is 0.165. The molecule has 1 aliphatic rings. The number of hydrogen-bond donors (Lipinski definition) is 0. The van der Waals surface area contributed by atoms with Crippen molar-refractivity contribution in [3.8, 4) is 67.9 Å². The highest BCUT2D eigenvalue weighted by molar-refractivity contribution is 5.76. The fourth-order valence-electron chi connectivity index (χ4n) is 7.99. The Morgan fingerprint density at radius 2 is 0.643 bits per heavy atom. The van der Waals surface area contributed by atoms with Gasteiger partial charge in [0.05, 0.1) is 5.41 Å². The van der Waals surface area contributed by atoms with E-state index in [0.29, 0.717) is 17.5 Å². The lowest BCUT2D eigenvalue weighted by atomic mass is 9.63. The highest BCUT2D eigenvalue weighted by Gasteiger charge is 2.45. The molecule has 9 aromatic rings. The van der Waals surface area contributed by atoms with Gasteiger partial charge in [0.25, 0.3) is 0 Å². The molecule has 2 heterocycles. The van der Waals surface area contributed by atoms with Gasteiger partial charge >= 0.3 is 0 Å². The van der Waals surface area contributed by atoms with Crippen molar-refractivity contribution < 1.29 is 4.74 Å². The molecule has 1 aromatic heterocycles. The summed E-state index contributed by atoms with van der Waals surface area (Å²) in [4.78, 5) is 15.0. The lowest BCUT2D eigenvalue weighted by Crippen LogP contribution is -2.34. The van der Waals surface area contributed by atoms with Gasteiger partial charge in [0, 0.05) is 27.8 Å². The lowest BCUT2D eigenvalue weighted by molar-refractivity contribution is 0.434. The van der Waals surface area contributed by atoms with Crippen molar-refractivity contribution in [2.24, 2.45) is 0 Å². The molecule has 264 valence electrons. The minimum Gasteiger partial charge on any atom is -0.457 e. The molecule has 0 bridgehead atoms. The lowest BCUT2D eigenvalue weighted by Gasteiger charge is -2.41. The van der Waals surface area contributed by atoms with E-state index in [2.05, 4.69) is 170 Å². The maximum atomic E-state index is 6.65. The number of rotatable bonds is 7. The maximum Gasteiger partial charge on any atom is 0.164 e. The fourth-order valence-corrected chi connectivity index (χ4v) is 7.99. The van der Waals surface area contributed by atoms with Crippen molar-refractivity contribution in [1.29, 1.82) is 0 Å². The second kappa shape index (κ2) is 14.1. The van der Waals surface area contributed by atoms with Gasteiger partial charge in [-0.05, 0) is 51.6 Å². The molecule has 1 aliphatic heterocycles. The summed E-state index contributed by atoms with van der Waals surface area (Å²) < 4.78 is 6.65. The molecule has 10 rings (SSSR count). The Balaban J connectivity index is 1.06. The van der Waals surface area contributed by atoms with Crippen LogP contribution in [-0.2, 0) is 5.41 Å². The third-order valence-electron chi connectivity index (χ3n) is 10.7. The Morgan fingerprint density at radius 3 is 1.18 bits per heavy atom. The van der Waals surface area contributed by atoms with Crippen LogP contribution in [0.4, 0.5) is 0 Å². The normalized spacial score (nSPS) is 12.6. The highest BCUT2D eigenvalue weighted by atomic mass is 16.5. The first-order valence-electron chi connectivity index (χ1n) is 18.9. The monoisotopic (exact) mass is 717 g/mol. The number of ether oxygens (including phenoxy) is 1. The SMILES string of the molecule is c1ccc(-c2ccc(-c3nc(-c4ccccc4)nc(-c4ccc(-c5ccc6c(c5)C(c5ccccc5)(c5ccccc5)c5ccccc5O6)cc4)n3)cc2)cc1. The van der Waals surface area contributed by atoms with Crippen molar-refractivity contribution in [3.05, 3.63) is 235 Å². The minimum absolute atomic E-state index is 0.586. The molecule has 0 atom stereocenters. The van der Waals surface area contributed by atoms with E-state index in [1.165, 1.54) is 16.7 Å². The molecule has 56 heavy (non-hydrogen) atoms. The van der Waals surface area contributed by atoms with Crippen LogP contribution in [0.3, 0.4) is 0 Å². The number of para-hydroxylation sites is 1. The largest absolute Gasteiger partial charge is 0.457 e. The summed E-state index contributed by atoms with van der Waals surface area (Å²) in [6.45, 7) is 0. The smallest absolute Gasteiger partial charge is 0.164 e. The molecular formula is C52H35N3O. The zero-order valence-electron chi connectivity index (χ0n) is 30.5. The number of fused-ring (bicyclic) bond motifs is 2. The maximum absolute atomic E-state index is 6.65. The number of aromatic nitrogens is 3. The molecule has 4 nitrogen and oxygen atoms in total. The van der Waals surface area contributed by atoms with E-state index in [1.807, 2.05) is 42.5 Å². The third kappa shape index (κ3) is 5.85. The Bertz CT molecular complexity index is 2750. The highest BCUT2D eigenvalue weighted by Crippen LogP contribution is 2.55. The summed E-state index contributed by atoms with van der Waals surface area (Å²) in [5.41, 5.74) is 11.3. The van der Waals surface area contributed by atoms with Crippen LogP contribution in [-0.4, -0.2) is 15.0 Å². The van der Waals surface area contributed by atoms with Crippen LogP contribution in [0.15, 0.2) is 212 Å². The van der Waals surface area contributed by atoms with E-state index < -0.39 is 5.41 Å². The number of benzene rings is 8. The molecule has 0 N–H and O–H groups in total. The second-order valence-corrected chi connectivity index (χ2v) is 14.0. The molecular weight excluding hydrogens is 683 g/mol. The van der Waals surface area contributed by atoms with Crippen LogP contribution in [0.1, 0.15) is 22.3 Å². The van der Waals surface area contributed by atoms with Crippen LogP contribution < -0.4 is 4.74 Å². The molecule has 0 fully saturated rings. The van der Waals surface area contributed by atoms with Gasteiger partial charge in [0.2, 0.25) is 0 Å².